The summed E-state index contributed by atoms with van der Waals surface area (Å²) in [5.74, 6) is 0. The van der Waals surface area contributed by atoms with Gasteiger partial charge in [0.05, 0.1) is 6.61 Å². The summed E-state index contributed by atoms with van der Waals surface area (Å²) < 4.78 is 0. The summed E-state index contributed by atoms with van der Waals surface area (Å²) in [4.78, 5) is 13.3. The second-order valence-electron chi connectivity index (χ2n) is 4.48. The minimum absolute atomic E-state index is 0.153. The summed E-state index contributed by atoms with van der Waals surface area (Å²) in [6.07, 6.45) is 2.81. The van der Waals surface area contributed by atoms with Gasteiger partial charge in [-0.05, 0) is 26.7 Å². The molecule has 0 saturated heterocycles. The van der Waals surface area contributed by atoms with E-state index >= 15 is 0 Å². The third-order valence-corrected chi connectivity index (χ3v) is 3.29. The first-order valence-corrected chi connectivity index (χ1v) is 5.86. The molecule has 0 aromatic rings. The predicted octanol–water partition coefficient (Wildman–Crippen LogP) is 1.69. The molecule has 0 saturated carbocycles. The maximum atomic E-state index is 11.2. The van der Waals surface area contributed by atoms with E-state index in [9.17, 15) is 4.79 Å². The number of aliphatic hydroxyl groups excluding tert-OH is 1. The first-order chi connectivity index (χ1) is 7.05. The second kappa shape index (κ2) is 6.96. The van der Waals surface area contributed by atoms with E-state index in [1.54, 1.807) is 0 Å². The lowest BCUT2D eigenvalue weighted by Crippen LogP contribution is -2.43. The average molecular weight is 215 g/mol. The van der Waals surface area contributed by atoms with Crippen molar-refractivity contribution in [3.8, 4) is 0 Å². The molecule has 0 aliphatic heterocycles. The summed E-state index contributed by atoms with van der Waals surface area (Å²) in [7, 11) is 0. The normalized spacial score (nSPS) is 12.5. The molecule has 0 atom stereocenters. The average Bonchev–Trinajstić information content (AvgIpc) is 2.24. The maximum Gasteiger partial charge on any atom is 0.127 e. The molecule has 0 bridgehead atoms. The van der Waals surface area contributed by atoms with Gasteiger partial charge in [-0.25, -0.2) is 0 Å². The van der Waals surface area contributed by atoms with Gasteiger partial charge in [0, 0.05) is 24.5 Å². The molecule has 0 heterocycles. The van der Waals surface area contributed by atoms with Gasteiger partial charge in [0.25, 0.3) is 0 Å². The monoisotopic (exact) mass is 215 g/mol. The summed E-state index contributed by atoms with van der Waals surface area (Å²) in [5.41, 5.74) is -0.237. The number of hydrogen-bond donors (Lipinski definition) is 1. The molecule has 15 heavy (non-hydrogen) atoms. The minimum atomic E-state index is -0.237. The number of carbonyl (C=O) groups excluding carboxylic acids is 1. The third kappa shape index (κ3) is 4.31. The van der Waals surface area contributed by atoms with Gasteiger partial charge >= 0.3 is 0 Å². The maximum absolute atomic E-state index is 11.2. The van der Waals surface area contributed by atoms with E-state index in [0.29, 0.717) is 12.6 Å². The molecule has 0 aromatic heterocycles. The molecular formula is C12H25NO2. The van der Waals surface area contributed by atoms with Crippen molar-refractivity contribution in [2.45, 2.75) is 46.6 Å². The van der Waals surface area contributed by atoms with Crippen LogP contribution in [0.15, 0.2) is 0 Å². The Morgan fingerprint density at radius 2 is 1.87 bits per heavy atom. The van der Waals surface area contributed by atoms with Crippen molar-refractivity contribution < 1.29 is 9.90 Å². The Balaban J connectivity index is 4.52. The summed E-state index contributed by atoms with van der Waals surface area (Å²) >= 11 is 0. The lowest BCUT2D eigenvalue weighted by Gasteiger charge is -2.35. The molecule has 0 radical (unpaired) electrons. The summed E-state index contributed by atoms with van der Waals surface area (Å²) in [6, 6.07) is 0.370. The van der Waals surface area contributed by atoms with Crippen molar-refractivity contribution in [3.05, 3.63) is 0 Å². The van der Waals surface area contributed by atoms with Gasteiger partial charge in [-0.1, -0.05) is 13.8 Å². The Morgan fingerprint density at radius 1 is 1.33 bits per heavy atom. The number of aliphatic hydroxyl groups is 1. The zero-order valence-electron chi connectivity index (χ0n) is 10.5. The molecule has 0 unspecified atom stereocenters. The highest BCUT2D eigenvalue weighted by Crippen LogP contribution is 2.25. The van der Waals surface area contributed by atoms with E-state index in [0.717, 1.165) is 25.7 Å². The molecule has 0 aliphatic carbocycles. The Labute approximate surface area is 93.5 Å². The molecule has 0 rings (SSSR count). The van der Waals surface area contributed by atoms with Crippen molar-refractivity contribution in [3.63, 3.8) is 0 Å². The molecule has 3 heteroatoms. The van der Waals surface area contributed by atoms with Crippen molar-refractivity contribution in [1.29, 1.82) is 0 Å². The minimum Gasteiger partial charge on any atom is -0.395 e. The standard InChI is InChI=1S/C12H25NO2/c1-5-12(6-2,10-15)9-13(7-8-14)11(3)4/h10-11,14H,5-9H2,1-4H3. The summed E-state index contributed by atoms with van der Waals surface area (Å²) in [6.45, 7) is 9.84. The molecule has 90 valence electrons. The van der Waals surface area contributed by atoms with Gasteiger partial charge in [-0.15, -0.1) is 0 Å². The van der Waals surface area contributed by atoms with Crippen LogP contribution in [0.1, 0.15) is 40.5 Å². The fraction of sp³-hybridized carbons (Fsp3) is 0.917. The topological polar surface area (TPSA) is 40.5 Å². The number of aldehydes is 1. The van der Waals surface area contributed by atoms with Crippen molar-refractivity contribution >= 4 is 6.29 Å². The second-order valence-corrected chi connectivity index (χ2v) is 4.48. The van der Waals surface area contributed by atoms with Crippen LogP contribution in [0.5, 0.6) is 0 Å². The van der Waals surface area contributed by atoms with Crippen molar-refractivity contribution in [1.82, 2.24) is 4.90 Å². The zero-order valence-corrected chi connectivity index (χ0v) is 10.5. The first-order valence-electron chi connectivity index (χ1n) is 5.86. The lowest BCUT2D eigenvalue weighted by molar-refractivity contribution is -0.118. The van der Waals surface area contributed by atoms with Crippen LogP contribution in [-0.2, 0) is 4.79 Å². The highest BCUT2D eigenvalue weighted by molar-refractivity contribution is 5.59. The fourth-order valence-electron chi connectivity index (χ4n) is 1.73. The van der Waals surface area contributed by atoms with Crippen LogP contribution >= 0.6 is 0 Å². The van der Waals surface area contributed by atoms with Gasteiger partial charge in [0.1, 0.15) is 6.29 Å². The molecule has 1 N–H and O–H groups in total. The van der Waals surface area contributed by atoms with Crippen LogP contribution in [0.2, 0.25) is 0 Å². The summed E-state index contributed by atoms with van der Waals surface area (Å²) in [5, 5.41) is 8.97. The van der Waals surface area contributed by atoms with Crippen LogP contribution in [-0.4, -0.2) is 42.0 Å². The van der Waals surface area contributed by atoms with Gasteiger partial charge < -0.3 is 9.90 Å². The van der Waals surface area contributed by atoms with Crippen molar-refractivity contribution in [2.24, 2.45) is 5.41 Å². The number of rotatable bonds is 8. The predicted molar refractivity (Wildman–Crippen MR) is 62.9 cm³/mol. The molecule has 0 aliphatic rings. The number of carbonyl (C=O) groups is 1. The van der Waals surface area contributed by atoms with Crippen LogP contribution in [0, 0.1) is 5.41 Å². The first kappa shape index (κ1) is 14.6. The smallest absolute Gasteiger partial charge is 0.127 e. The molecule has 0 fully saturated rings. The Kier molecular flexibility index (Phi) is 6.77. The molecule has 3 nitrogen and oxygen atoms in total. The Hall–Kier alpha value is -0.410. The van der Waals surface area contributed by atoms with Crippen molar-refractivity contribution in [2.75, 3.05) is 19.7 Å². The van der Waals surface area contributed by atoms with Gasteiger partial charge in [-0.3, -0.25) is 4.90 Å². The Morgan fingerprint density at radius 3 is 2.13 bits per heavy atom. The highest BCUT2D eigenvalue weighted by atomic mass is 16.3. The van der Waals surface area contributed by atoms with E-state index in [2.05, 4.69) is 32.6 Å². The van der Waals surface area contributed by atoms with Gasteiger partial charge in [0.2, 0.25) is 0 Å². The molecule has 0 amide bonds. The molecule has 0 spiro atoms. The number of hydrogen-bond acceptors (Lipinski definition) is 3. The van der Waals surface area contributed by atoms with Crippen LogP contribution < -0.4 is 0 Å². The molecular weight excluding hydrogens is 190 g/mol. The van der Waals surface area contributed by atoms with Gasteiger partial charge in [0.15, 0.2) is 0 Å². The van der Waals surface area contributed by atoms with E-state index < -0.39 is 0 Å². The highest BCUT2D eigenvalue weighted by Gasteiger charge is 2.28. The number of nitrogens with zero attached hydrogens (tertiary/aromatic N) is 1. The van der Waals surface area contributed by atoms with Crippen LogP contribution in [0.25, 0.3) is 0 Å². The SMILES string of the molecule is CCC(C=O)(CC)CN(CCO)C(C)C. The van der Waals surface area contributed by atoms with Crippen LogP contribution in [0.3, 0.4) is 0 Å². The van der Waals surface area contributed by atoms with Crippen LogP contribution in [0.4, 0.5) is 0 Å². The largest absolute Gasteiger partial charge is 0.395 e. The fourth-order valence-corrected chi connectivity index (χ4v) is 1.73. The van der Waals surface area contributed by atoms with E-state index in [1.807, 2.05) is 0 Å². The van der Waals surface area contributed by atoms with Gasteiger partial charge in [-0.2, -0.15) is 0 Å². The quantitative estimate of drug-likeness (QED) is 0.626. The lowest BCUT2D eigenvalue weighted by atomic mass is 9.83. The van der Waals surface area contributed by atoms with E-state index in [-0.39, 0.29) is 12.0 Å². The third-order valence-electron chi connectivity index (χ3n) is 3.29. The molecule has 0 aromatic carbocycles. The van der Waals surface area contributed by atoms with E-state index in [4.69, 9.17) is 5.11 Å². The van der Waals surface area contributed by atoms with E-state index in [1.165, 1.54) is 0 Å². The Bertz CT molecular complexity index is 176. The zero-order chi connectivity index (χ0) is 11.9.